The van der Waals surface area contributed by atoms with Crippen LogP contribution in [0.25, 0.3) is 0 Å². The summed E-state index contributed by atoms with van der Waals surface area (Å²) in [5.74, 6) is -0.731. The number of amides is 2. The third-order valence-electron chi connectivity index (χ3n) is 4.76. The predicted molar refractivity (Wildman–Crippen MR) is 98.0 cm³/mol. The summed E-state index contributed by atoms with van der Waals surface area (Å²) in [6, 6.07) is 5.88. The molecule has 144 valence electrons. The van der Waals surface area contributed by atoms with Gasteiger partial charge in [0.25, 0.3) is 0 Å². The van der Waals surface area contributed by atoms with E-state index in [-0.39, 0.29) is 24.1 Å². The molecule has 27 heavy (non-hydrogen) atoms. The molecule has 0 radical (unpaired) electrons. The Hall–Kier alpha value is -2.74. The van der Waals surface area contributed by atoms with Crippen molar-refractivity contribution in [1.29, 1.82) is 0 Å². The highest BCUT2D eigenvalue weighted by molar-refractivity contribution is 5.88. The minimum atomic E-state index is -0.616. The summed E-state index contributed by atoms with van der Waals surface area (Å²) < 4.78 is 15.9. The summed E-state index contributed by atoms with van der Waals surface area (Å²) in [5.41, 5.74) is 1.42. The van der Waals surface area contributed by atoms with E-state index in [9.17, 15) is 14.0 Å². The molecule has 3 rings (SSSR count). The first-order chi connectivity index (χ1) is 13.1. The fraction of sp³-hybridized carbons (Fsp3) is 0.421. The molecule has 1 fully saturated rings. The molecule has 1 aliphatic rings. The monoisotopic (exact) mass is 373 g/mol. The number of aromatic nitrogens is 2. The predicted octanol–water partition coefficient (Wildman–Crippen LogP) is 1.05. The highest BCUT2D eigenvalue weighted by atomic mass is 19.1. The van der Waals surface area contributed by atoms with Gasteiger partial charge in [-0.3, -0.25) is 14.5 Å². The maximum Gasteiger partial charge on any atom is 0.237 e. The zero-order valence-electron chi connectivity index (χ0n) is 15.3. The SMILES string of the molecule is CCn1cncc1CNC(=O)C[C@H]1C(=O)NCCN1Cc1ccccc1F. The molecule has 0 saturated carbocycles. The molecular formula is C19H24FN5O2. The fourth-order valence-corrected chi connectivity index (χ4v) is 3.24. The number of aryl methyl sites for hydroxylation is 1. The molecule has 0 bridgehead atoms. The van der Waals surface area contributed by atoms with E-state index in [0.29, 0.717) is 31.7 Å². The van der Waals surface area contributed by atoms with Gasteiger partial charge in [-0.2, -0.15) is 0 Å². The summed E-state index contributed by atoms with van der Waals surface area (Å²) in [5, 5.41) is 5.63. The molecule has 1 aliphatic heterocycles. The van der Waals surface area contributed by atoms with Gasteiger partial charge in [0.05, 0.1) is 31.0 Å². The van der Waals surface area contributed by atoms with Crippen LogP contribution >= 0.6 is 0 Å². The van der Waals surface area contributed by atoms with Crippen LogP contribution in [0, 0.1) is 5.82 Å². The van der Waals surface area contributed by atoms with Gasteiger partial charge in [-0.05, 0) is 13.0 Å². The van der Waals surface area contributed by atoms with Crippen LogP contribution < -0.4 is 10.6 Å². The Balaban J connectivity index is 1.62. The maximum atomic E-state index is 14.0. The lowest BCUT2D eigenvalue weighted by atomic mass is 10.1. The van der Waals surface area contributed by atoms with Gasteiger partial charge in [-0.1, -0.05) is 18.2 Å². The second-order valence-electron chi connectivity index (χ2n) is 6.52. The van der Waals surface area contributed by atoms with Crippen LogP contribution in [-0.2, 0) is 29.2 Å². The van der Waals surface area contributed by atoms with Gasteiger partial charge in [0, 0.05) is 37.9 Å². The number of carbonyl (C=O) groups is 2. The standard InChI is InChI=1S/C19H24FN5O2/c1-2-24-13-21-10-15(24)11-23-18(26)9-17-19(27)22-7-8-25(17)12-14-5-3-4-6-16(14)20/h3-6,10,13,17H,2,7-9,11-12H2,1H3,(H,22,27)(H,23,26)/t17-/m0/s1. The maximum absolute atomic E-state index is 14.0. The van der Waals surface area contributed by atoms with Crippen molar-refractivity contribution in [3.63, 3.8) is 0 Å². The van der Waals surface area contributed by atoms with E-state index in [4.69, 9.17) is 0 Å². The van der Waals surface area contributed by atoms with Crippen molar-refractivity contribution in [2.24, 2.45) is 0 Å². The Kier molecular flexibility index (Phi) is 6.18. The van der Waals surface area contributed by atoms with Crippen molar-refractivity contribution >= 4 is 11.8 Å². The first-order valence-corrected chi connectivity index (χ1v) is 9.09. The van der Waals surface area contributed by atoms with Gasteiger partial charge in [0.2, 0.25) is 11.8 Å². The van der Waals surface area contributed by atoms with Crippen molar-refractivity contribution in [2.75, 3.05) is 13.1 Å². The molecule has 0 aliphatic carbocycles. The van der Waals surface area contributed by atoms with Crippen LogP contribution in [0.3, 0.4) is 0 Å². The third-order valence-corrected chi connectivity index (χ3v) is 4.76. The van der Waals surface area contributed by atoms with E-state index in [1.165, 1.54) is 6.07 Å². The average Bonchev–Trinajstić information content (AvgIpc) is 3.12. The number of carbonyl (C=O) groups excluding carboxylic acids is 2. The molecule has 2 aromatic rings. The quantitative estimate of drug-likeness (QED) is 0.760. The Morgan fingerprint density at radius 3 is 3.00 bits per heavy atom. The average molecular weight is 373 g/mol. The second-order valence-corrected chi connectivity index (χ2v) is 6.52. The van der Waals surface area contributed by atoms with Crippen LogP contribution in [0.2, 0.25) is 0 Å². The van der Waals surface area contributed by atoms with Gasteiger partial charge >= 0.3 is 0 Å². The van der Waals surface area contributed by atoms with Crippen LogP contribution in [0.4, 0.5) is 4.39 Å². The van der Waals surface area contributed by atoms with Gasteiger partial charge < -0.3 is 15.2 Å². The number of imidazole rings is 1. The molecule has 1 saturated heterocycles. The molecule has 2 heterocycles. The highest BCUT2D eigenvalue weighted by Crippen LogP contribution is 2.16. The normalized spacial score (nSPS) is 17.6. The number of rotatable bonds is 7. The molecule has 1 aromatic carbocycles. The molecule has 0 unspecified atom stereocenters. The van der Waals surface area contributed by atoms with E-state index in [0.717, 1.165) is 12.2 Å². The van der Waals surface area contributed by atoms with Crippen LogP contribution in [-0.4, -0.2) is 45.4 Å². The fourth-order valence-electron chi connectivity index (χ4n) is 3.24. The first-order valence-electron chi connectivity index (χ1n) is 9.09. The Morgan fingerprint density at radius 2 is 2.22 bits per heavy atom. The van der Waals surface area contributed by atoms with Crippen molar-refractivity contribution in [1.82, 2.24) is 25.1 Å². The van der Waals surface area contributed by atoms with Gasteiger partial charge in [0.15, 0.2) is 0 Å². The number of halogens is 1. The van der Waals surface area contributed by atoms with Crippen LogP contribution in [0.5, 0.6) is 0 Å². The van der Waals surface area contributed by atoms with Crippen molar-refractivity contribution in [2.45, 2.75) is 39.0 Å². The number of nitrogens with zero attached hydrogens (tertiary/aromatic N) is 3. The summed E-state index contributed by atoms with van der Waals surface area (Å²) >= 11 is 0. The van der Waals surface area contributed by atoms with E-state index in [2.05, 4.69) is 15.6 Å². The topological polar surface area (TPSA) is 79.3 Å². The van der Waals surface area contributed by atoms with E-state index in [1.807, 2.05) is 16.4 Å². The smallest absolute Gasteiger partial charge is 0.237 e. The molecule has 8 heteroatoms. The van der Waals surface area contributed by atoms with E-state index < -0.39 is 6.04 Å². The van der Waals surface area contributed by atoms with Gasteiger partial charge in [-0.25, -0.2) is 9.37 Å². The zero-order chi connectivity index (χ0) is 19.2. The van der Waals surface area contributed by atoms with E-state index in [1.54, 1.807) is 30.7 Å². The van der Waals surface area contributed by atoms with Crippen LogP contribution in [0.1, 0.15) is 24.6 Å². The summed E-state index contributed by atoms with van der Waals surface area (Å²) in [7, 11) is 0. The lowest BCUT2D eigenvalue weighted by molar-refractivity contribution is -0.134. The second kappa shape index (κ2) is 8.77. The molecule has 7 nitrogen and oxygen atoms in total. The van der Waals surface area contributed by atoms with Gasteiger partial charge in [-0.15, -0.1) is 0 Å². The Morgan fingerprint density at radius 1 is 1.41 bits per heavy atom. The number of hydrogen-bond donors (Lipinski definition) is 2. The zero-order valence-corrected chi connectivity index (χ0v) is 15.3. The van der Waals surface area contributed by atoms with E-state index >= 15 is 0 Å². The lowest BCUT2D eigenvalue weighted by Gasteiger charge is -2.34. The Labute approximate surface area is 157 Å². The molecule has 1 atom stereocenters. The largest absolute Gasteiger partial charge is 0.353 e. The first kappa shape index (κ1) is 19.0. The number of nitrogens with one attached hydrogen (secondary N) is 2. The van der Waals surface area contributed by atoms with Crippen molar-refractivity contribution in [3.8, 4) is 0 Å². The molecule has 1 aromatic heterocycles. The minimum absolute atomic E-state index is 0.0283. The van der Waals surface area contributed by atoms with Crippen LogP contribution in [0.15, 0.2) is 36.8 Å². The molecular weight excluding hydrogens is 349 g/mol. The minimum Gasteiger partial charge on any atom is -0.353 e. The van der Waals surface area contributed by atoms with Crippen molar-refractivity contribution < 1.29 is 14.0 Å². The number of piperazine rings is 1. The highest BCUT2D eigenvalue weighted by Gasteiger charge is 2.31. The molecule has 0 spiro atoms. The summed E-state index contributed by atoms with van der Waals surface area (Å²) in [4.78, 5) is 30.6. The Bertz CT molecular complexity index is 807. The number of benzene rings is 1. The summed E-state index contributed by atoms with van der Waals surface area (Å²) in [6.07, 6.45) is 3.45. The third kappa shape index (κ3) is 4.71. The molecule has 2 amide bonds. The van der Waals surface area contributed by atoms with Crippen molar-refractivity contribution in [3.05, 3.63) is 53.9 Å². The number of hydrogen-bond acceptors (Lipinski definition) is 4. The molecule has 2 N–H and O–H groups in total. The van der Waals surface area contributed by atoms with Gasteiger partial charge in [0.1, 0.15) is 5.82 Å². The lowest BCUT2D eigenvalue weighted by Crippen LogP contribution is -2.56. The summed E-state index contributed by atoms with van der Waals surface area (Å²) in [6.45, 7) is 4.48.